The number of allylic oxidation sites excluding steroid dienone is 1. The van der Waals surface area contributed by atoms with E-state index in [1.54, 1.807) is 0 Å². The summed E-state index contributed by atoms with van der Waals surface area (Å²) in [5, 5.41) is 2.62. The molecule has 2 N–H and O–H groups in total. The van der Waals surface area contributed by atoms with Crippen molar-refractivity contribution in [3.63, 3.8) is 0 Å². The summed E-state index contributed by atoms with van der Waals surface area (Å²) in [6, 6.07) is 10.5. The number of benzene rings is 2. The number of hydrogen-bond acceptors (Lipinski definition) is 1. The fraction of sp³-hybridized carbons (Fsp3) is 0.0769. The molecular formula is C13H11N. The molecule has 0 aliphatic heterocycles. The van der Waals surface area contributed by atoms with Crippen LogP contribution in [0.4, 0.5) is 5.69 Å². The summed E-state index contributed by atoms with van der Waals surface area (Å²) >= 11 is 0. The van der Waals surface area contributed by atoms with Crippen LogP contribution in [0.5, 0.6) is 0 Å². The number of anilines is 1. The largest absolute Gasteiger partial charge is 0.399 e. The highest BCUT2D eigenvalue weighted by Crippen LogP contribution is 2.30. The van der Waals surface area contributed by atoms with Crippen LogP contribution in [0, 0.1) is 0 Å². The Hall–Kier alpha value is -1.76. The highest BCUT2D eigenvalue weighted by atomic mass is 14.5. The lowest BCUT2D eigenvalue weighted by Gasteiger charge is -2.13. The van der Waals surface area contributed by atoms with Gasteiger partial charge in [-0.15, -0.1) is 0 Å². The molecule has 0 amide bonds. The van der Waals surface area contributed by atoms with Crippen LogP contribution in [0.15, 0.2) is 36.4 Å². The minimum atomic E-state index is 0.861. The highest BCUT2D eigenvalue weighted by Gasteiger charge is 2.08. The van der Waals surface area contributed by atoms with E-state index >= 15 is 0 Å². The quantitative estimate of drug-likeness (QED) is 0.621. The van der Waals surface area contributed by atoms with Crippen LogP contribution in [-0.4, -0.2) is 0 Å². The summed E-state index contributed by atoms with van der Waals surface area (Å²) in [7, 11) is 0. The van der Waals surface area contributed by atoms with Gasteiger partial charge in [-0.1, -0.05) is 30.4 Å². The van der Waals surface area contributed by atoms with Crippen molar-refractivity contribution in [2.75, 3.05) is 5.73 Å². The molecule has 0 spiro atoms. The molecule has 0 radical (unpaired) electrons. The predicted molar refractivity (Wildman–Crippen MR) is 61.1 cm³/mol. The molecule has 2 aromatic carbocycles. The van der Waals surface area contributed by atoms with Crippen molar-refractivity contribution in [3.05, 3.63) is 47.5 Å². The third-order valence-corrected chi connectivity index (χ3v) is 2.75. The summed E-state index contributed by atoms with van der Waals surface area (Å²) in [4.78, 5) is 0. The van der Waals surface area contributed by atoms with Crippen LogP contribution >= 0.6 is 0 Å². The average Bonchev–Trinajstić information content (AvgIpc) is 2.18. The topological polar surface area (TPSA) is 26.0 Å². The van der Waals surface area contributed by atoms with Gasteiger partial charge >= 0.3 is 0 Å². The molecule has 0 heterocycles. The molecule has 0 atom stereocenters. The van der Waals surface area contributed by atoms with Crippen molar-refractivity contribution in [3.8, 4) is 0 Å². The van der Waals surface area contributed by atoms with Gasteiger partial charge in [0.2, 0.25) is 0 Å². The van der Waals surface area contributed by atoms with Gasteiger partial charge in [0.05, 0.1) is 0 Å². The van der Waals surface area contributed by atoms with Crippen LogP contribution in [0.1, 0.15) is 11.1 Å². The van der Waals surface area contributed by atoms with Crippen molar-refractivity contribution in [2.45, 2.75) is 6.42 Å². The Morgan fingerprint density at radius 2 is 2.07 bits per heavy atom. The van der Waals surface area contributed by atoms with Crippen molar-refractivity contribution in [1.82, 2.24) is 0 Å². The molecular weight excluding hydrogens is 170 g/mol. The maximum Gasteiger partial charge on any atom is 0.0323 e. The number of hydrogen-bond donors (Lipinski definition) is 1. The van der Waals surface area contributed by atoms with Gasteiger partial charge in [-0.2, -0.15) is 0 Å². The summed E-state index contributed by atoms with van der Waals surface area (Å²) in [5.74, 6) is 0. The third kappa shape index (κ3) is 0.956. The third-order valence-electron chi connectivity index (χ3n) is 2.75. The van der Waals surface area contributed by atoms with E-state index in [1.807, 2.05) is 6.07 Å². The Morgan fingerprint density at radius 1 is 1.14 bits per heavy atom. The van der Waals surface area contributed by atoms with E-state index in [1.165, 1.54) is 21.9 Å². The van der Waals surface area contributed by atoms with E-state index in [4.69, 9.17) is 5.73 Å². The summed E-state index contributed by atoms with van der Waals surface area (Å²) < 4.78 is 0. The molecule has 0 fully saturated rings. The van der Waals surface area contributed by atoms with Gasteiger partial charge in [0.1, 0.15) is 0 Å². The average molecular weight is 181 g/mol. The molecule has 1 heteroatoms. The lowest BCUT2D eigenvalue weighted by molar-refractivity contribution is 1.29. The number of nitrogens with two attached hydrogens (primary N) is 1. The zero-order chi connectivity index (χ0) is 9.54. The van der Waals surface area contributed by atoms with Crippen molar-refractivity contribution in [1.29, 1.82) is 0 Å². The maximum absolute atomic E-state index is 5.85. The first-order valence-electron chi connectivity index (χ1n) is 4.82. The first-order chi connectivity index (χ1) is 6.84. The van der Waals surface area contributed by atoms with Crippen LogP contribution < -0.4 is 5.73 Å². The van der Waals surface area contributed by atoms with Crippen LogP contribution in [0.25, 0.3) is 16.8 Å². The molecule has 0 bridgehead atoms. The second-order valence-electron chi connectivity index (χ2n) is 3.73. The van der Waals surface area contributed by atoms with E-state index in [-0.39, 0.29) is 0 Å². The molecule has 3 rings (SSSR count). The Balaban J connectivity index is 2.53. The molecule has 0 saturated heterocycles. The van der Waals surface area contributed by atoms with Gasteiger partial charge in [0, 0.05) is 5.69 Å². The first kappa shape index (κ1) is 7.63. The Morgan fingerprint density at radius 3 is 3.00 bits per heavy atom. The second kappa shape index (κ2) is 2.61. The minimum absolute atomic E-state index is 0.861. The molecule has 68 valence electrons. The standard InChI is InChI=1S/C13H11N/c14-12-7-10-5-1-3-9-4-2-6-11(8-12)13(9)10/h1-5,7-8H,6,14H2. The molecule has 0 saturated carbocycles. The van der Waals surface area contributed by atoms with Gasteiger partial charge in [-0.3, -0.25) is 0 Å². The van der Waals surface area contributed by atoms with E-state index in [0.717, 1.165) is 12.1 Å². The normalized spacial score (nSPS) is 13.4. The maximum atomic E-state index is 5.85. The lowest BCUT2D eigenvalue weighted by Crippen LogP contribution is -1.95. The van der Waals surface area contributed by atoms with Gasteiger partial charge < -0.3 is 5.73 Å². The van der Waals surface area contributed by atoms with Crippen molar-refractivity contribution < 1.29 is 0 Å². The highest BCUT2D eigenvalue weighted by molar-refractivity contribution is 5.96. The molecule has 2 aromatic rings. The Labute approximate surface area is 82.9 Å². The molecule has 1 nitrogen and oxygen atoms in total. The molecule has 1 aliphatic carbocycles. The predicted octanol–water partition coefficient (Wildman–Crippen LogP) is 2.99. The van der Waals surface area contributed by atoms with Crippen LogP contribution in [0.2, 0.25) is 0 Å². The second-order valence-corrected chi connectivity index (χ2v) is 3.73. The van der Waals surface area contributed by atoms with E-state index in [2.05, 4.69) is 36.4 Å². The van der Waals surface area contributed by atoms with Gasteiger partial charge in [0.15, 0.2) is 0 Å². The SMILES string of the molecule is Nc1cc2c3c(cccc3c1)C=CC2. The van der Waals surface area contributed by atoms with E-state index < -0.39 is 0 Å². The molecule has 14 heavy (non-hydrogen) atoms. The Bertz CT molecular complexity index is 538. The van der Waals surface area contributed by atoms with Gasteiger partial charge in [-0.25, -0.2) is 0 Å². The summed E-state index contributed by atoms with van der Waals surface area (Å²) in [6.45, 7) is 0. The molecule has 0 aromatic heterocycles. The Kier molecular flexibility index (Phi) is 1.42. The van der Waals surface area contributed by atoms with E-state index in [9.17, 15) is 0 Å². The molecule has 0 unspecified atom stereocenters. The zero-order valence-corrected chi connectivity index (χ0v) is 7.83. The van der Waals surface area contributed by atoms with Crippen molar-refractivity contribution >= 4 is 22.5 Å². The number of rotatable bonds is 0. The summed E-state index contributed by atoms with van der Waals surface area (Å²) in [5.41, 5.74) is 9.37. The fourth-order valence-electron chi connectivity index (χ4n) is 2.19. The zero-order valence-electron chi connectivity index (χ0n) is 7.83. The van der Waals surface area contributed by atoms with Gasteiger partial charge in [-0.05, 0) is 40.5 Å². The summed E-state index contributed by atoms with van der Waals surface area (Å²) in [6.07, 6.45) is 5.38. The first-order valence-corrected chi connectivity index (χ1v) is 4.82. The van der Waals surface area contributed by atoms with E-state index in [0.29, 0.717) is 0 Å². The fourth-order valence-corrected chi connectivity index (χ4v) is 2.19. The monoisotopic (exact) mass is 181 g/mol. The lowest BCUT2D eigenvalue weighted by atomic mass is 9.93. The minimum Gasteiger partial charge on any atom is -0.399 e. The van der Waals surface area contributed by atoms with Crippen LogP contribution in [-0.2, 0) is 6.42 Å². The van der Waals surface area contributed by atoms with Crippen LogP contribution in [0.3, 0.4) is 0 Å². The smallest absolute Gasteiger partial charge is 0.0323 e. The van der Waals surface area contributed by atoms with Gasteiger partial charge in [0.25, 0.3) is 0 Å². The molecule has 1 aliphatic rings. The number of nitrogen functional groups attached to an aromatic ring is 1. The van der Waals surface area contributed by atoms with Crippen molar-refractivity contribution in [2.24, 2.45) is 0 Å².